The van der Waals surface area contributed by atoms with Crippen LogP contribution in [0.25, 0.3) is 22.2 Å². The molecule has 1 aliphatic rings. The molecule has 27 heavy (non-hydrogen) atoms. The van der Waals surface area contributed by atoms with Crippen molar-refractivity contribution in [2.45, 2.75) is 31.1 Å². The molecule has 1 aromatic heterocycles. The number of piperidine rings is 1. The molecule has 3 aromatic rings. The van der Waals surface area contributed by atoms with E-state index in [1.54, 1.807) is 22.5 Å². The zero-order valence-electron chi connectivity index (χ0n) is 15.2. The molecule has 0 saturated carbocycles. The zero-order chi connectivity index (χ0) is 19.0. The van der Waals surface area contributed by atoms with Crippen LogP contribution in [0.5, 0.6) is 0 Å². The van der Waals surface area contributed by atoms with Crippen LogP contribution in [-0.4, -0.2) is 37.1 Å². The molecule has 1 saturated heterocycles. The summed E-state index contributed by atoms with van der Waals surface area (Å²) in [5.74, 6) is 0. The second-order valence-corrected chi connectivity index (χ2v) is 9.01. The summed E-state index contributed by atoms with van der Waals surface area (Å²) in [6.07, 6.45) is 3.65. The van der Waals surface area contributed by atoms with Crippen LogP contribution in [0.4, 0.5) is 0 Å². The van der Waals surface area contributed by atoms with Gasteiger partial charge >= 0.3 is 0 Å². The Morgan fingerprint density at radius 3 is 2.52 bits per heavy atom. The number of benzene rings is 2. The highest BCUT2D eigenvalue weighted by Gasteiger charge is 2.26. The minimum atomic E-state index is -3.54. The van der Waals surface area contributed by atoms with E-state index in [0.29, 0.717) is 24.0 Å². The Kier molecular flexibility index (Phi) is 4.61. The minimum absolute atomic E-state index is 0.245. The molecule has 0 amide bonds. The van der Waals surface area contributed by atoms with Crippen molar-refractivity contribution in [3.63, 3.8) is 0 Å². The van der Waals surface area contributed by atoms with E-state index >= 15 is 0 Å². The van der Waals surface area contributed by atoms with Gasteiger partial charge in [-0.2, -0.15) is 4.31 Å². The standard InChI is InChI=1S/C21H22N2O3S/c1-15-6-5-7-16(12-15)21-19(14-24)18-13-17(8-9-20(18)22-21)27(25,26)23-10-3-2-4-11-23/h5-9,12-14,22H,2-4,10-11H2,1H3. The molecule has 5 nitrogen and oxygen atoms in total. The Morgan fingerprint density at radius 2 is 1.81 bits per heavy atom. The van der Waals surface area contributed by atoms with Gasteiger partial charge in [-0.3, -0.25) is 4.79 Å². The Balaban J connectivity index is 1.84. The van der Waals surface area contributed by atoms with Crippen LogP contribution in [0, 0.1) is 6.92 Å². The van der Waals surface area contributed by atoms with Gasteiger partial charge in [-0.25, -0.2) is 8.42 Å². The molecular weight excluding hydrogens is 360 g/mol. The van der Waals surface area contributed by atoms with Gasteiger partial charge in [0.15, 0.2) is 6.29 Å². The summed E-state index contributed by atoms with van der Waals surface area (Å²) in [6, 6.07) is 12.9. The Hall–Kier alpha value is -2.44. The molecule has 1 N–H and O–H groups in total. The molecule has 140 valence electrons. The number of nitrogens with zero attached hydrogens (tertiary/aromatic N) is 1. The van der Waals surface area contributed by atoms with E-state index in [1.807, 2.05) is 31.2 Å². The first-order chi connectivity index (χ1) is 13.0. The van der Waals surface area contributed by atoms with Crippen LogP contribution in [-0.2, 0) is 10.0 Å². The first-order valence-corrected chi connectivity index (χ1v) is 10.6. The second-order valence-electron chi connectivity index (χ2n) is 7.07. The number of fused-ring (bicyclic) bond motifs is 1. The maximum absolute atomic E-state index is 13.0. The van der Waals surface area contributed by atoms with Crippen LogP contribution in [0.3, 0.4) is 0 Å². The summed E-state index contributed by atoms with van der Waals surface area (Å²) in [7, 11) is -3.54. The smallest absolute Gasteiger partial charge is 0.243 e. The molecule has 1 aliphatic heterocycles. The van der Waals surface area contributed by atoms with Gasteiger partial charge in [-0.05, 0) is 49.6 Å². The Bertz CT molecular complexity index is 1110. The third kappa shape index (κ3) is 3.19. The lowest BCUT2D eigenvalue weighted by molar-refractivity contribution is 0.112. The fraction of sp³-hybridized carbons (Fsp3) is 0.286. The maximum atomic E-state index is 13.0. The topological polar surface area (TPSA) is 70.2 Å². The molecule has 0 unspecified atom stereocenters. The number of carbonyl (C=O) groups excluding carboxylic acids is 1. The normalized spacial score (nSPS) is 15.9. The number of rotatable bonds is 4. The van der Waals surface area contributed by atoms with Crippen LogP contribution >= 0.6 is 0 Å². The minimum Gasteiger partial charge on any atom is -0.354 e. The van der Waals surface area contributed by atoms with Crippen LogP contribution in [0.15, 0.2) is 47.4 Å². The molecule has 0 aliphatic carbocycles. The van der Waals surface area contributed by atoms with Gasteiger partial charge in [0, 0.05) is 29.6 Å². The molecule has 1 fully saturated rings. The molecule has 0 bridgehead atoms. The van der Waals surface area contributed by atoms with Crippen LogP contribution in [0.1, 0.15) is 35.2 Å². The predicted octanol–water partition coefficient (Wildman–Crippen LogP) is 4.13. The third-order valence-corrected chi connectivity index (χ3v) is 7.08. The first kappa shape index (κ1) is 17.9. The monoisotopic (exact) mass is 382 g/mol. The van der Waals surface area contributed by atoms with Crippen molar-refractivity contribution in [2.24, 2.45) is 0 Å². The van der Waals surface area contributed by atoms with Crippen molar-refractivity contribution in [2.75, 3.05) is 13.1 Å². The van der Waals surface area contributed by atoms with Gasteiger partial charge < -0.3 is 4.98 Å². The van der Waals surface area contributed by atoms with Crippen LogP contribution < -0.4 is 0 Å². The van der Waals surface area contributed by atoms with Crippen molar-refractivity contribution >= 4 is 27.2 Å². The fourth-order valence-corrected chi connectivity index (χ4v) is 5.30. The van der Waals surface area contributed by atoms with Gasteiger partial charge in [-0.1, -0.05) is 30.2 Å². The lowest BCUT2D eigenvalue weighted by Gasteiger charge is -2.25. The predicted molar refractivity (Wildman–Crippen MR) is 106 cm³/mol. The Labute approximate surface area is 159 Å². The van der Waals surface area contributed by atoms with E-state index in [1.165, 1.54) is 0 Å². The number of aromatic nitrogens is 1. The Morgan fingerprint density at radius 1 is 1.04 bits per heavy atom. The number of aromatic amines is 1. The number of nitrogens with one attached hydrogen (secondary N) is 1. The number of sulfonamides is 1. The average molecular weight is 382 g/mol. The van der Waals surface area contributed by atoms with E-state index < -0.39 is 10.0 Å². The number of hydrogen-bond donors (Lipinski definition) is 1. The number of H-pyrrole nitrogens is 1. The molecule has 0 spiro atoms. The zero-order valence-corrected chi connectivity index (χ0v) is 16.1. The SMILES string of the molecule is Cc1cccc(-c2[nH]c3ccc(S(=O)(=O)N4CCCCC4)cc3c2C=O)c1. The van der Waals surface area contributed by atoms with Crippen molar-refractivity contribution in [3.8, 4) is 11.3 Å². The van der Waals surface area contributed by atoms with Gasteiger partial charge in [0.1, 0.15) is 0 Å². The first-order valence-electron chi connectivity index (χ1n) is 9.19. The summed E-state index contributed by atoms with van der Waals surface area (Å²) in [5.41, 5.74) is 3.97. The summed E-state index contributed by atoms with van der Waals surface area (Å²) < 4.78 is 27.5. The number of aldehydes is 1. The van der Waals surface area contributed by atoms with E-state index in [-0.39, 0.29) is 4.90 Å². The lowest BCUT2D eigenvalue weighted by Crippen LogP contribution is -2.35. The second kappa shape index (κ2) is 6.94. The highest BCUT2D eigenvalue weighted by Crippen LogP contribution is 2.32. The molecule has 4 rings (SSSR count). The van der Waals surface area contributed by atoms with Gasteiger partial charge in [0.05, 0.1) is 10.6 Å². The summed E-state index contributed by atoms with van der Waals surface area (Å²) in [6.45, 7) is 3.11. The molecule has 2 aromatic carbocycles. The average Bonchev–Trinajstić information content (AvgIpc) is 3.06. The van der Waals surface area contributed by atoms with E-state index in [0.717, 1.165) is 47.9 Å². The van der Waals surface area contributed by atoms with Crippen molar-refractivity contribution < 1.29 is 13.2 Å². The largest absolute Gasteiger partial charge is 0.354 e. The van der Waals surface area contributed by atoms with Crippen molar-refractivity contribution in [3.05, 3.63) is 53.6 Å². The quantitative estimate of drug-likeness (QED) is 0.690. The van der Waals surface area contributed by atoms with Gasteiger partial charge in [0.2, 0.25) is 10.0 Å². The van der Waals surface area contributed by atoms with E-state index in [9.17, 15) is 13.2 Å². The molecule has 2 heterocycles. The van der Waals surface area contributed by atoms with E-state index in [2.05, 4.69) is 4.98 Å². The van der Waals surface area contributed by atoms with Gasteiger partial charge in [0.25, 0.3) is 0 Å². The molecule has 0 radical (unpaired) electrons. The molecular formula is C21H22N2O3S. The summed E-state index contributed by atoms with van der Waals surface area (Å²) >= 11 is 0. The van der Waals surface area contributed by atoms with Crippen molar-refractivity contribution in [1.29, 1.82) is 0 Å². The third-order valence-electron chi connectivity index (χ3n) is 5.19. The maximum Gasteiger partial charge on any atom is 0.243 e. The summed E-state index contributed by atoms with van der Waals surface area (Å²) in [4.78, 5) is 15.4. The highest BCUT2D eigenvalue weighted by molar-refractivity contribution is 7.89. The highest BCUT2D eigenvalue weighted by atomic mass is 32.2. The van der Waals surface area contributed by atoms with Crippen LogP contribution in [0.2, 0.25) is 0 Å². The fourth-order valence-electron chi connectivity index (χ4n) is 3.76. The lowest BCUT2D eigenvalue weighted by atomic mass is 10.0. The molecule has 0 atom stereocenters. The number of carbonyl (C=O) groups is 1. The summed E-state index contributed by atoms with van der Waals surface area (Å²) in [5, 5.41) is 0.639. The number of aryl methyl sites for hydroxylation is 1. The molecule has 6 heteroatoms. The number of hydrogen-bond acceptors (Lipinski definition) is 3. The van der Waals surface area contributed by atoms with Gasteiger partial charge in [-0.15, -0.1) is 0 Å². The van der Waals surface area contributed by atoms with Crippen molar-refractivity contribution in [1.82, 2.24) is 9.29 Å². The van der Waals surface area contributed by atoms with E-state index in [4.69, 9.17) is 0 Å².